The van der Waals surface area contributed by atoms with Gasteiger partial charge >= 0.3 is 0 Å². The maximum absolute atomic E-state index is 12.1. The predicted octanol–water partition coefficient (Wildman–Crippen LogP) is 2.94. The van der Waals surface area contributed by atoms with Crippen LogP contribution in [-0.2, 0) is 0 Å². The summed E-state index contributed by atoms with van der Waals surface area (Å²) in [5, 5.41) is 21.8. The van der Waals surface area contributed by atoms with E-state index in [1.54, 1.807) is 0 Å². The van der Waals surface area contributed by atoms with Gasteiger partial charge in [-0.2, -0.15) is 0 Å². The molecule has 1 saturated carbocycles. The normalized spacial score (nSPS) is 17.5. The van der Waals surface area contributed by atoms with Gasteiger partial charge in [0.15, 0.2) is 0 Å². The molecular weight excluding hydrogens is 242 g/mol. The molecule has 0 atom stereocenters. The molecule has 1 fully saturated rings. The Morgan fingerprint density at radius 3 is 2.05 bits per heavy atom. The van der Waals surface area contributed by atoms with Gasteiger partial charge in [-0.15, -0.1) is 0 Å². The van der Waals surface area contributed by atoms with Crippen molar-refractivity contribution in [3.05, 3.63) is 23.8 Å². The monoisotopic (exact) mass is 263 g/mol. The number of benzene rings is 1. The van der Waals surface area contributed by atoms with E-state index in [1.807, 2.05) is 0 Å². The molecule has 1 aromatic rings. The van der Waals surface area contributed by atoms with Gasteiger partial charge in [-0.25, -0.2) is 0 Å². The van der Waals surface area contributed by atoms with Gasteiger partial charge < -0.3 is 15.5 Å². The molecule has 4 nitrogen and oxygen atoms in total. The van der Waals surface area contributed by atoms with E-state index in [4.69, 9.17) is 0 Å². The minimum atomic E-state index is -0.225. The molecule has 0 radical (unpaired) electrons. The Bertz CT molecular complexity index is 417. The zero-order valence-electron chi connectivity index (χ0n) is 11.1. The van der Waals surface area contributed by atoms with Gasteiger partial charge in [0.1, 0.15) is 11.5 Å². The van der Waals surface area contributed by atoms with Crippen molar-refractivity contribution >= 4 is 5.91 Å². The minimum Gasteiger partial charge on any atom is -0.508 e. The van der Waals surface area contributed by atoms with Crippen LogP contribution in [0.3, 0.4) is 0 Å². The lowest BCUT2D eigenvalue weighted by Crippen LogP contribution is -2.35. The number of nitrogens with one attached hydrogen (secondary N) is 1. The maximum atomic E-state index is 12.1. The summed E-state index contributed by atoms with van der Waals surface area (Å²) < 4.78 is 0. The molecule has 104 valence electrons. The van der Waals surface area contributed by atoms with Gasteiger partial charge in [-0.3, -0.25) is 4.79 Å². The highest BCUT2D eigenvalue weighted by molar-refractivity contribution is 5.95. The van der Waals surface area contributed by atoms with Crippen LogP contribution in [0.25, 0.3) is 0 Å². The van der Waals surface area contributed by atoms with E-state index in [0.717, 1.165) is 25.7 Å². The third-order valence-corrected chi connectivity index (χ3v) is 3.61. The SMILES string of the molecule is O=C(NC1CCCCCCC1)c1cc(O)cc(O)c1. The number of hydrogen-bond acceptors (Lipinski definition) is 3. The van der Waals surface area contributed by atoms with Crippen LogP contribution in [0.4, 0.5) is 0 Å². The molecule has 4 heteroatoms. The smallest absolute Gasteiger partial charge is 0.251 e. The predicted molar refractivity (Wildman–Crippen MR) is 73.3 cm³/mol. The summed E-state index contributed by atoms with van der Waals surface area (Å²) in [7, 11) is 0. The lowest BCUT2D eigenvalue weighted by Gasteiger charge is -2.21. The first-order valence-electron chi connectivity index (χ1n) is 6.99. The van der Waals surface area contributed by atoms with Crippen molar-refractivity contribution in [2.24, 2.45) is 0 Å². The third kappa shape index (κ3) is 4.16. The summed E-state index contributed by atoms with van der Waals surface area (Å²) in [5.41, 5.74) is 0.305. The fourth-order valence-electron chi connectivity index (χ4n) is 2.60. The summed E-state index contributed by atoms with van der Waals surface area (Å²) in [5.74, 6) is -0.414. The van der Waals surface area contributed by atoms with Crippen LogP contribution >= 0.6 is 0 Å². The lowest BCUT2D eigenvalue weighted by atomic mass is 9.96. The van der Waals surface area contributed by atoms with Gasteiger partial charge in [0.25, 0.3) is 5.91 Å². The first-order chi connectivity index (χ1) is 9.15. The van der Waals surface area contributed by atoms with Crippen molar-refractivity contribution < 1.29 is 15.0 Å². The summed E-state index contributed by atoms with van der Waals surface area (Å²) in [6, 6.07) is 4.17. The second kappa shape index (κ2) is 6.45. The van der Waals surface area contributed by atoms with E-state index in [2.05, 4.69) is 5.32 Å². The topological polar surface area (TPSA) is 69.6 Å². The number of aromatic hydroxyl groups is 2. The molecule has 0 aromatic heterocycles. The first kappa shape index (κ1) is 13.7. The summed E-state index contributed by atoms with van der Waals surface area (Å²) in [6.45, 7) is 0. The van der Waals surface area contributed by atoms with Gasteiger partial charge in [-0.05, 0) is 25.0 Å². The molecule has 3 N–H and O–H groups in total. The highest BCUT2D eigenvalue weighted by atomic mass is 16.3. The summed E-state index contributed by atoms with van der Waals surface area (Å²) >= 11 is 0. The zero-order valence-corrected chi connectivity index (χ0v) is 11.1. The highest BCUT2D eigenvalue weighted by Gasteiger charge is 2.16. The molecule has 0 bridgehead atoms. The molecule has 1 aliphatic carbocycles. The molecule has 0 spiro atoms. The van der Waals surface area contributed by atoms with Crippen molar-refractivity contribution in [3.63, 3.8) is 0 Å². The van der Waals surface area contributed by atoms with E-state index in [9.17, 15) is 15.0 Å². The van der Waals surface area contributed by atoms with Gasteiger partial charge in [0.05, 0.1) is 0 Å². The van der Waals surface area contributed by atoms with E-state index < -0.39 is 0 Å². The first-order valence-corrected chi connectivity index (χ1v) is 6.99. The van der Waals surface area contributed by atoms with Crippen LogP contribution in [-0.4, -0.2) is 22.2 Å². The molecular formula is C15H21NO3. The van der Waals surface area contributed by atoms with Crippen LogP contribution in [0.2, 0.25) is 0 Å². The van der Waals surface area contributed by atoms with Gasteiger partial charge in [0, 0.05) is 17.7 Å². The lowest BCUT2D eigenvalue weighted by molar-refractivity contribution is 0.0929. The number of carbonyl (C=O) groups excluding carboxylic acids is 1. The number of phenols is 2. The van der Waals surface area contributed by atoms with E-state index in [-0.39, 0.29) is 23.4 Å². The second-order valence-corrected chi connectivity index (χ2v) is 5.25. The van der Waals surface area contributed by atoms with Crippen molar-refractivity contribution in [2.45, 2.75) is 51.0 Å². The Labute approximate surface area is 113 Å². The Morgan fingerprint density at radius 1 is 0.947 bits per heavy atom. The molecule has 1 aromatic carbocycles. The van der Waals surface area contributed by atoms with Crippen LogP contribution < -0.4 is 5.32 Å². The molecule has 2 rings (SSSR count). The Morgan fingerprint density at radius 2 is 1.47 bits per heavy atom. The maximum Gasteiger partial charge on any atom is 0.251 e. The molecule has 19 heavy (non-hydrogen) atoms. The largest absolute Gasteiger partial charge is 0.508 e. The summed E-state index contributed by atoms with van der Waals surface area (Å²) in [6.07, 6.45) is 8.08. The van der Waals surface area contributed by atoms with Gasteiger partial charge in [-0.1, -0.05) is 32.1 Å². The quantitative estimate of drug-likeness (QED) is 0.768. The number of rotatable bonds is 2. The minimum absolute atomic E-state index is 0.0946. The second-order valence-electron chi connectivity index (χ2n) is 5.25. The molecule has 0 unspecified atom stereocenters. The zero-order chi connectivity index (χ0) is 13.7. The number of amides is 1. The standard InChI is InChI=1S/C15H21NO3/c17-13-8-11(9-14(18)10-13)15(19)16-12-6-4-2-1-3-5-7-12/h8-10,12,17-18H,1-7H2,(H,16,19). The van der Waals surface area contributed by atoms with Crippen molar-refractivity contribution in [3.8, 4) is 11.5 Å². The van der Waals surface area contributed by atoms with Crippen LogP contribution in [0.5, 0.6) is 11.5 Å². The third-order valence-electron chi connectivity index (χ3n) is 3.61. The van der Waals surface area contributed by atoms with Crippen molar-refractivity contribution in [1.29, 1.82) is 0 Å². The number of carbonyl (C=O) groups is 1. The van der Waals surface area contributed by atoms with Crippen molar-refractivity contribution in [2.75, 3.05) is 0 Å². The van der Waals surface area contributed by atoms with Gasteiger partial charge in [0.2, 0.25) is 0 Å². The van der Waals surface area contributed by atoms with Crippen LogP contribution in [0, 0.1) is 0 Å². The average Bonchev–Trinajstić information content (AvgIpc) is 2.31. The Kier molecular flexibility index (Phi) is 4.66. The number of phenolic OH excluding ortho intramolecular Hbond substituents is 2. The average molecular weight is 263 g/mol. The van der Waals surface area contributed by atoms with E-state index in [1.165, 1.54) is 37.5 Å². The molecule has 0 aliphatic heterocycles. The van der Waals surface area contributed by atoms with Crippen molar-refractivity contribution in [1.82, 2.24) is 5.32 Å². The Balaban J connectivity index is 1.98. The fraction of sp³-hybridized carbons (Fsp3) is 0.533. The molecule has 0 heterocycles. The highest BCUT2D eigenvalue weighted by Crippen LogP contribution is 2.21. The molecule has 1 aliphatic rings. The molecule has 1 amide bonds. The fourth-order valence-corrected chi connectivity index (χ4v) is 2.60. The summed E-state index contributed by atoms with van der Waals surface area (Å²) in [4.78, 5) is 12.1. The van der Waals surface area contributed by atoms with E-state index >= 15 is 0 Å². The van der Waals surface area contributed by atoms with Crippen LogP contribution in [0.1, 0.15) is 55.3 Å². The Hall–Kier alpha value is -1.71. The number of hydrogen-bond donors (Lipinski definition) is 3. The molecule has 0 saturated heterocycles. The van der Waals surface area contributed by atoms with Crippen LogP contribution in [0.15, 0.2) is 18.2 Å². The van der Waals surface area contributed by atoms with E-state index in [0.29, 0.717) is 5.56 Å².